The molecule has 0 spiro atoms. The maximum atomic E-state index is 12.5. The summed E-state index contributed by atoms with van der Waals surface area (Å²) < 4.78 is 5.31. The summed E-state index contributed by atoms with van der Waals surface area (Å²) in [5.74, 6) is 1.13. The molecule has 0 aliphatic carbocycles. The molecule has 3 heterocycles. The molecule has 104 valence electrons. The average Bonchev–Trinajstić information content (AvgIpc) is 3.17. The lowest BCUT2D eigenvalue weighted by molar-refractivity contribution is 0.0787. The van der Waals surface area contributed by atoms with Crippen LogP contribution in [0.1, 0.15) is 16.8 Å². The number of rotatable bonds is 3. The van der Waals surface area contributed by atoms with Gasteiger partial charge in [0.05, 0.1) is 6.26 Å². The van der Waals surface area contributed by atoms with Crippen LogP contribution in [0.3, 0.4) is 0 Å². The van der Waals surface area contributed by atoms with Crippen LogP contribution < -0.4 is 5.73 Å². The van der Waals surface area contributed by atoms with Gasteiger partial charge in [0.15, 0.2) is 5.76 Å². The van der Waals surface area contributed by atoms with Crippen molar-refractivity contribution in [3.63, 3.8) is 0 Å². The molecule has 1 saturated heterocycles. The molecule has 0 radical (unpaired) electrons. The predicted molar refractivity (Wildman–Crippen MR) is 75.0 cm³/mol. The van der Waals surface area contributed by atoms with Gasteiger partial charge in [-0.1, -0.05) is 0 Å². The first kappa shape index (κ1) is 12.9. The number of hydrogen-bond acceptors (Lipinski definition) is 4. The Morgan fingerprint density at radius 3 is 3.10 bits per heavy atom. The van der Waals surface area contributed by atoms with E-state index in [0.717, 1.165) is 19.5 Å². The molecule has 1 aliphatic rings. The van der Waals surface area contributed by atoms with Crippen LogP contribution in [0.4, 0.5) is 0 Å². The molecule has 0 aromatic carbocycles. The van der Waals surface area contributed by atoms with Crippen molar-refractivity contribution in [3.05, 3.63) is 42.3 Å². The molecule has 1 fully saturated rings. The van der Waals surface area contributed by atoms with Gasteiger partial charge < -0.3 is 15.1 Å². The minimum Gasteiger partial charge on any atom is -0.463 e. The lowest BCUT2D eigenvalue weighted by Crippen LogP contribution is -2.29. The summed E-state index contributed by atoms with van der Waals surface area (Å²) in [6.07, 6.45) is 4.22. The van der Waals surface area contributed by atoms with E-state index >= 15 is 0 Å². The Hall–Kier alpha value is -2.14. The number of hydrogen-bond donors (Lipinski definition) is 1. The molecule has 1 unspecified atom stereocenters. The zero-order valence-electron chi connectivity index (χ0n) is 11.2. The van der Waals surface area contributed by atoms with Crippen LogP contribution in [0.2, 0.25) is 0 Å². The smallest absolute Gasteiger partial charge is 0.253 e. The number of aromatic nitrogens is 1. The monoisotopic (exact) mass is 271 g/mol. The fourth-order valence-corrected chi connectivity index (χ4v) is 2.51. The van der Waals surface area contributed by atoms with Gasteiger partial charge in [-0.05, 0) is 43.1 Å². The van der Waals surface area contributed by atoms with Crippen LogP contribution in [-0.4, -0.2) is 35.4 Å². The topological polar surface area (TPSA) is 72.4 Å². The molecule has 1 atom stereocenters. The van der Waals surface area contributed by atoms with Crippen LogP contribution in [0.15, 0.2) is 41.1 Å². The number of nitrogens with two attached hydrogens (primary N) is 1. The normalized spacial score (nSPS) is 18.4. The van der Waals surface area contributed by atoms with Crippen LogP contribution in [0, 0.1) is 5.92 Å². The Kier molecular flexibility index (Phi) is 3.52. The number of furan rings is 1. The Labute approximate surface area is 117 Å². The van der Waals surface area contributed by atoms with E-state index in [1.807, 2.05) is 11.0 Å². The van der Waals surface area contributed by atoms with Crippen molar-refractivity contribution in [3.8, 4) is 11.5 Å². The summed E-state index contributed by atoms with van der Waals surface area (Å²) in [4.78, 5) is 18.6. The van der Waals surface area contributed by atoms with Crippen molar-refractivity contribution in [2.75, 3.05) is 19.6 Å². The Balaban J connectivity index is 1.80. The van der Waals surface area contributed by atoms with Crippen molar-refractivity contribution >= 4 is 5.91 Å². The number of nitrogens with zero attached hydrogens (tertiary/aromatic N) is 2. The number of pyridine rings is 1. The molecule has 20 heavy (non-hydrogen) atoms. The first-order valence-electron chi connectivity index (χ1n) is 6.77. The largest absolute Gasteiger partial charge is 0.463 e. The molecule has 5 heteroatoms. The zero-order chi connectivity index (χ0) is 13.9. The summed E-state index contributed by atoms with van der Waals surface area (Å²) in [5, 5.41) is 0. The number of amides is 1. The lowest BCUT2D eigenvalue weighted by Gasteiger charge is -2.16. The second-order valence-electron chi connectivity index (χ2n) is 5.05. The van der Waals surface area contributed by atoms with Gasteiger partial charge in [0.2, 0.25) is 0 Å². The SMILES string of the molecule is NCC1CCN(C(=O)c2ccnc(-c3ccco3)c2)C1. The van der Waals surface area contributed by atoms with E-state index in [9.17, 15) is 4.79 Å². The van der Waals surface area contributed by atoms with Crippen molar-refractivity contribution in [1.29, 1.82) is 0 Å². The second-order valence-corrected chi connectivity index (χ2v) is 5.05. The molecule has 1 aliphatic heterocycles. The third-order valence-corrected chi connectivity index (χ3v) is 3.69. The highest BCUT2D eigenvalue weighted by Crippen LogP contribution is 2.21. The summed E-state index contributed by atoms with van der Waals surface area (Å²) in [5.41, 5.74) is 6.98. The third-order valence-electron chi connectivity index (χ3n) is 3.69. The standard InChI is InChI=1S/C15H17N3O2/c16-9-11-4-6-18(10-11)15(19)12-3-5-17-13(8-12)14-2-1-7-20-14/h1-3,5,7-8,11H,4,6,9-10,16H2. The minimum absolute atomic E-state index is 0.0381. The highest BCUT2D eigenvalue weighted by molar-refractivity contribution is 5.95. The van der Waals surface area contributed by atoms with Crippen molar-refractivity contribution < 1.29 is 9.21 Å². The fraction of sp³-hybridized carbons (Fsp3) is 0.333. The molecular weight excluding hydrogens is 254 g/mol. The summed E-state index contributed by atoms with van der Waals surface area (Å²) in [6.45, 7) is 2.16. The molecule has 5 nitrogen and oxygen atoms in total. The van der Waals surface area contributed by atoms with Gasteiger partial charge in [-0.25, -0.2) is 0 Å². The van der Waals surface area contributed by atoms with E-state index in [1.165, 1.54) is 0 Å². The Bertz CT molecular complexity index is 595. The minimum atomic E-state index is 0.0381. The number of carbonyl (C=O) groups is 1. The maximum Gasteiger partial charge on any atom is 0.253 e. The first-order chi connectivity index (χ1) is 9.78. The molecule has 2 aromatic heterocycles. The van der Waals surface area contributed by atoms with Gasteiger partial charge in [0.25, 0.3) is 5.91 Å². The third kappa shape index (κ3) is 2.44. The van der Waals surface area contributed by atoms with Gasteiger partial charge in [0, 0.05) is 24.8 Å². The highest BCUT2D eigenvalue weighted by atomic mass is 16.3. The molecule has 2 aromatic rings. The summed E-state index contributed by atoms with van der Waals surface area (Å²) in [7, 11) is 0. The lowest BCUT2D eigenvalue weighted by atomic mass is 10.1. The highest BCUT2D eigenvalue weighted by Gasteiger charge is 2.26. The van der Waals surface area contributed by atoms with E-state index in [-0.39, 0.29) is 5.91 Å². The Morgan fingerprint density at radius 1 is 1.50 bits per heavy atom. The Morgan fingerprint density at radius 2 is 2.40 bits per heavy atom. The van der Waals surface area contributed by atoms with E-state index in [0.29, 0.717) is 29.5 Å². The molecular formula is C15H17N3O2. The molecule has 3 rings (SSSR count). The van der Waals surface area contributed by atoms with Crippen LogP contribution in [-0.2, 0) is 0 Å². The van der Waals surface area contributed by atoms with Gasteiger partial charge >= 0.3 is 0 Å². The fourth-order valence-electron chi connectivity index (χ4n) is 2.51. The summed E-state index contributed by atoms with van der Waals surface area (Å²) >= 11 is 0. The van der Waals surface area contributed by atoms with Crippen LogP contribution in [0.5, 0.6) is 0 Å². The van der Waals surface area contributed by atoms with Crippen molar-refractivity contribution in [2.45, 2.75) is 6.42 Å². The second kappa shape index (κ2) is 5.46. The zero-order valence-corrected chi connectivity index (χ0v) is 11.2. The predicted octanol–water partition coefficient (Wildman–Crippen LogP) is 1.76. The van der Waals surface area contributed by atoms with Gasteiger partial charge in [-0.3, -0.25) is 9.78 Å². The maximum absolute atomic E-state index is 12.5. The van der Waals surface area contributed by atoms with Gasteiger partial charge in [0.1, 0.15) is 5.69 Å². The number of likely N-dealkylation sites (tertiary alicyclic amines) is 1. The van der Waals surface area contributed by atoms with Crippen LogP contribution in [0.25, 0.3) is 11.5 Å². The quantitative estimate of drug-likeness (QED) is 0.923. The van der Waals surface area contributed by atoms with E-state index in [2.05, 4.69) is 4.98 Å². The summed E-state index contributed by atoms with van der Waals surface area (Å²) in [6, 6.07) is 7.15. The van der Waals surface area contributed by atoms with Crippen molar-refractivity contribution in [2.24, 2.45) is 11.7 Å². The van der Waals surface area contributed by atoms with Crippen molar-refractivity contribution in [1.82, 2.24) is 9.88 Å². The van der Waals surface area contributed by atoms with Crippen LogP contribution >= 0.6 is 0 Å². The van der Waals surface area contributed by atoms with E-state index < -0.39 is 0 Å². The molecule has 2 N–H and O–H groups in total. The van der Waals surface area contributed by atoms with Gasteiger partial charge in [-0.2, -0.15) is 0 Å². The number of carbonyl (C=O) groups excluding carboxylic acids is 1. The molecule has 0 bridgehead atoms. The van der Waals surface area contributed by atoms with Gasteiger partial charge in [-0.15, -0.1) is 0 Å². The molecule has 1 amide bonds. The first-order valence-corrected chi connectivity index (χ1v) is 6.77. The average molecular weight is 271 g/mol. The van der Waals surface area contributed by atoms with E-state index in [1.54, 1.807) is 30.7 Å². The molecule has 0 saturated carbocycles. The van der Waals surface area contributed by atoms with E-state index in [4.69, 9.17) is 10.2 Å².